The predicted octanol–water partition coefficient (Wildman–Crippen LogP) is 1.61. The molecule has 0 saturated carbocycles. The standard InChI is InChI=1S/C16H19N5O2S/c1-9-14(10(2)20-16(19-9)24-8-13(17)22)23-7-12-4-3-11-5-6-18-15(11)21-12/h3-4H,5-8H2,1-2H3,(H2,17,22)(H,18,21). The number of thioether (sulfide) groups is 1. The van der Waals surface area contributed by atoms with E-state index in [4.69, 9.17) is 10.5 Å². The molecule has 1 aliphatic heterocycles. The molecule has 7 nitrogen and oxygen atoms in total. The second kappa shape index (κ2) is 7.04. The van der Waals surface area contributed by atoms with Crippen molar-refractivity contribution in [3.8, 4) is 5.75 Å². The van der Waals surface area contributed by atoms with Gasteiger partial charge in [-0.3, -0.25) is 4.79 Å². The molecule has 0 unspecified atom stereocenters. The molecule has 0 aromatic carbocycles. The minimum absolute atomic E-state index is 0.158. The lowest BCUT2D eigenvalue weighted by Crippen LogP contribution is -2.13. The van der Waals surface area contributed by atoms with Crippen molar-refractivity contribution < 1.29 is 9.53 Å². The van der Waals surface area contributed by atoms with Crippen LogP contribution in [0.2, 0.25) is 0 Å². The van der Waals surface area contributed by atoms with Crippen molar-refractivity contribution in [1.29, 1.82) is 0 Å². The molecule has 126 valence electrons. The molecule has 3 rings (SSSR count). The molecule has 1 aliphatic rings. The Bertz CT molecular complexity index is 758. The predicted molar refractivity (Wildman–Crippen MR) is 92.2 cm³/mol. The number of aromatic nitrogens is 3. The molecule has 2 aromatic heterocycles. The number of fused-ring (bicyclic) bond motifs is 1. The maximum atomic E-state index is 10.9. The average molecular weight is 345 g/mol. The first-order valence-electron chi connectivity index (χ1n) is 7.64. The number of rotatable bonds is 6. The van der Waals surface area contributed by atoms with Crippen molar-refractivity contribution in [3.05, 3.63) is 34.8 Å². The molecule has 1 amide bonds. The second-order valence-corrected chi connectivity index (χ2v) is 6.48. The molecular formula is C16H19N5O2S. The highest BCUT2D eigenvalue weighted by Crippen LogP contribution is 2.25. The number of primary amides is 1. The number of carbonyl (C=O) groups excluding carboxylic acids is 1. The van der Waals surface area contributed by atoms with Crippen molar-refractivity contribution in [2.24, 2.45) is 5.73 Å². The Morgan fingerprint density at radius 2 is 2.04 bits per heavy atom. The van der Waals surface area contributed by atoms with Crippen LogP contribution in [0.1, 0.15) is 22.6 Å². The molecule has 0 bridgehead atoms. The Labute approximate surface area is 144 Å². The quantitative estimate of drug-likeness (QED) is 0.605. The van der Waals surface area contributed by atoms with E-state index >= 15 is 0 Å². The smallest absolute Gasteiger partial charge is 0.227 e. The van der Waals surface area contributed by atoms with Gasteiger partial charge >= 0.3 is 0 Å². The molecule has 3 heterocycles. The number of hydrogen-bond donors (Lipinski definition) is 2. The molecule has 3 N–H and O–H groups in total. The van der Waals surface area contributed by atoms with Gasteiger partial charge in [0.2, 0.25) is 5.91 Å². The average Bonchev–Trinajstić information content (AvgIpc) is 2.99. The highest BCUT2D eigenvalue weighted by Gasteiger charge is 2.14. The van der Waals surface area contributed by atoms with Crippen LogP contribution in [-0.2, 0) is 17.8 Å². The summed E-state index contributed by atoms with van der Waals surface area (Å²) in [7, 11) is 0. The van der Waals surface area contributed by atoms with Crippen LogP contribution in [0.15, 0.2) is 17.3 Å². The minimum Gasteiger partial charge on any atom is -0.483 e. The number of anilines is 1. The SMILES string of the molecule is Cc1nc(SCC(N)=O)nc(C)c1OCc1ccc2c(n1)NCC2. The summed E-state index contributed by atoms with van der Waals surface area (Å²) in [4.78, 5) is 24.1. The van der Waals surface area contributed by atoms with E-state index < -0.39 is 5.91 Å². The first kappa shape index (κ1) is 16.5. The van der Waals surface area contributed by atoms with Crippen molar-refractivity contribution in [2.75, 3.05) is 17.6 Å². The molecule has 0 fully saturated rings. The van der Waals surface area contributed by atoms with E-state index in [1.807, 2.05) is 19.9 Å². The topological polar surface area (TPSA) is 103 Å². The zero-order valence-electron chi connectivity index (χ0n) is 13.6. The lowest BCUT2D eigenvalue weighted by Gasteiger charge is -2.12. The van der Waals surface area contributed by atoms with Gasteiger partial charge in [-0.05, 0) is 31.9 Å². The van der Waals surface area contributed by atoms with Gasteiger partial charge in [-0.25, -0.2) is 15.0 Å². The van der Waals surface area contributed by atoms with E-state index in [2.05, 4.69) is 26.3 Å². The Kier molecular flexibility index (Phi) is 4.84. The Morgan fingerprint density at radius 1 is 1.29 bits per heavy atom. The van der Waals surface area contributed by atoms with Crippen LogP contribution in [0, 0.1) is 13.8 Å². The maximum Gasteiger partial charge on any atom is 0.227 e. The number of hydrogen-bond acceptors (Lipinski definition) is 7. The molecule has 2 aromatic rings. The van der Waals surface area contributed by atoms with Gasteiger partial charge in [0.15, 0.2) is 10.9 Å². The summed E-state index contributed by atoms with van der Waals surface area (Å²) in [6, 6.07) is 4.06. The van der Waals surface area contributed by atoms with Crippen LogP contribution >= 0.6 is 11.8 Å². The van der Waals surface area contributed by atoms with E-state index in [1.54, 1.807) is 0 Å². The Hall–Kier alpha value is -2.35. The Morgan fingerprint density at radius 3 is 2.75 bits per heavy atom. The van der Waals surface area contributed by atoms with Crippen molar-refractivity contribution in [2.45, 2.75) is 32.0 Å². The van der Waals surface area contributed by atoms with Crippen molar-refractivity contribution in [1.82, 2.24) is 15.0 Å². The first-order valence-corrected chi connectivity index (χ1v) is 8.63. The minimum atomic E-state index is -0.393. The van der Waals surface area contributed by atoms with E-state index in [-0.39, 0.29) is 5.75 Å². The number of pyridine rings is 1. The number of aryl methyl sites for hydroxylation is 2. The molecule has 0 spiro atoms. The molecular weight excluding hydrogens is 326 g/mol. The fourth-order valence-corrected chi connectivity index (χ4v) is 3.18. The second-order valence-electron chi connectivity index (χ2n) is 5.54. The zero-order valence-corrected chi connectivity index (χ0v) is 14.4. The lowest BCUT2D eigenvalue weighted by atomic mass is 10.2. The third-order valence-corrected chi connectivity index (χ3v) is 4.48. The van der Waals surface area contributed by atoms with Crippen LogP contribution in [0.25, 0.3) is 0 Å². The van der Waals surface area contributed by atoms with E-state index in [0.29, 0.717) is 17.5 Å². The molecule has 8 heteroatoms. The van der Waals surface area contributed by atoms with Gasteiger partial charge in [-0.15, -0.1) is 0 Å². The number of ether oxygens (including phenoxy) is 1. The lowest BCUT2D eigenvalue weighted by molar-refractivity contribution is -0.115. The van der Waals surface area contributed by atoms with Gasteiger partial charge in [0.1, 0.15) is 12.4 Å². The van der Waals surface area contributed by atoms with Crippen LogP contribution in [0.5, 0.6) is 5.75 Å². The summed E-state index contributed by atoms with van der Waals surface area (Å²) in [5.41, 5.74) is 8.70. The fourth-order valence-electron chi connectivity index (χ4n) is 2.51. The van der Waals surface area contributed by atoms with Crippen LogP contribution in [0.4, 0.5) is 5.82 Å². The number of amides is 1. The van der Waals surface area contributed by atoms with Crippen LogP contribution in [0.3, 0.4) is 0 Å². The summed E-state index contributed by atoms with van der Waals surface area (Å²) in [5.74, 6) is 1.36. The molecule has 0 saturated heterocycles. The summed E-state index contributed by atoms with van der Waals surface area (Å²) >= 11 is 1.22. The highest BCUT2D eigenvalue weighted by molar-refractivity contribution is 7.99. The Balaban J connectivity index is 1.69. The number of nitrogens with two attached hydrogens (primary N) is 1. The molecule has 0 aliphatic carbocycles. The van der Waals surface area contributed by atoms with E-state index in [9.17, 15) is 4.79 Å². The summed E-state index contributed by atoms with van der Waals surface area (Å²) in [6.45, 7) is 5.00. The van der Waals surface area contributed by atoms with Crippen molar-refractivity contribution >= 4 is 23.5 Å². The van der Waals surface area contributed by atoms with Gasteiger partial charge in [0.05, 0.1) is 22.8 Å². The third-order valence-electron chi connectivity index (χ3n) is 3.62. The number of nitrogens with zero attached hydrogens (tertiary/aromatic N) is 3. The number of carbonyl (C=O) groups is 1. The number of nitrogens with one attached hydrogen (secondary N) is 1. The van der Waals surface area contributed by atoms with Crippen LogP contribution in [-0.4, -0.2) is 33.2 Å². The van der Waals surface area contributed by atoms with Gasteiger partial charge < -0.3 is 15.8 Å². The fraction of sp³-hybridized carbons (Fsp3) is 0.375. The van der Waals surface area contributed by atoms with Gasteiger partial charge in [-0.2, -0.15) is 0 Å². The highest BCUT2D eigenvalue weighted by atomic mass is 32.2. The molecule has 24 heavy (non-hydrogen) atoms. The molecule has 0 atom stereocenters. The first-order chi connectivity index (χ1) is 11.5. The maximum absolute atomic E-state index is 10.9. The van der Waals surface area contributed by atoms with E-state index in [1.165, 1.54) is 17.3 Å². The molecule has 0 radical (unpaired) electrons. The normalized spacial score (nSPS) is 12.6. The summed E-state index contributed by atoms with van der Waals surface area (Å²) < 4.78 is 5.88. The zero-order chi connectivity index (χ0) is 17.1. The van der Waals surface area contributed by atoms with E-state index in [0.717, 1.165) is 35.9 Å². The summed E-state index contributed by atoms with van der Waals surface area (Å²) in [6.07, 6.45) is 1.01. The van der Waals surface area contributed by atoms with Gasteiger partial charge in [-0.1, -0.05) is 17.8 Å². The van der Waals surface area contributed by atoms with Gasteiger partial charge in [0.25, 0.3) is 0 Å². The van der Waals surface area contributed by atoms with Gasteiger partial charge in [0, 0.05) is 6.54 Å². The summed E-state index contributed by atoms with van der Waals surface area (Å²) in [5, 5.41) is 3.78. The van der Waals surface area contributed by atoms with Crippen molar-refractivity contribution in [3.63, 3.8) is 0 Å². The third kappa shape index (κ3) is 3.76. The monoisotopic (exact) mass is 345 g/mol. The largest absolute Gasteiger partial charge is 0.483 e. The van der Waals surface area contributed by atoms with Crippen LogP contribution < -0.4 is 15.8 Å².